The van der Waals surface area contributed by atoms with Gasteiger partial charge in [0.15, 0.2) is 0 Å². The number of amides is 3. The summed E-state index contributed by atoms with van der Waals surface area (Å²) in [5.41, 5.74) is 6.35. The van der Waals surface area contributed by atoms with Crippen LogP contribution in [0.4, 0.5) is 0 Å². The van der Waals surface area contributed by atoms with Crippen molar-refractivity contribution >= 4 is 17.7 Å². The number of hydrogen-bond donors (Lipinski definition) is 4. The van der Waals surface area contributed by atoms with Gasteiger partial charge in [-0.15, -0.1) is 0 Å². The van der Waals surface area contributed by atoms with Gasteiger partial charge in [0.1, 0.15) is 6.04 Å². The van der Waals surface area contributed by atoms with E-state index in [9.17, 15) is 14.4 Å². The summed E-state index contributed by atoms with van der Waals surface area (Å²) < 4.78 is 0. The molecule has 1 aliphatic carbocycles. The number of carbonyl (C=O) groups excluding carboxylic acids is 3. The van der Waals surface area contributed by atoms with Gasteiger partial charge in [0, 0.05) is 18.9 Å². The van der Waals surface area contributed by atoms with Gasteiger partial charge in [-0.05, 0) is 31.4 Å². The Bertz CT molecular complexity index is 630. The summed E-state index contributed by atoms with van der Waals surface area (Å²) in [6.07, 6.45) is 6.69. The number of hydrogen-bond acceptors (Lipinski definition) is 4. The van der Waals surface area contributed by atoms with Crippen molar-refractivity contribution in [2.75, 3.05) is 13.1 Å². The third-order valence-electron chi connectivity index (χ3n) is 4.94. The standard InChI is InChI=1S/C21H32N4O3/c22-13-7-12-19(26)23-15-20(27)25-18(14-16-8-3-1-4-9-16)21(28)24-17-10-5-2-6-11-17/h1,3-4,8-9,17-18H,2,5-7,10-15,22H2,(H,23,26)(H,24,28)(H,25,27)/t18-/m0/s1. The molecule has 1 fully saturated rings. The van der Waals surface area contributed by atoms with E-state index >= 15 is 0 Å². The van der Waals surface area contributed by atoms with Crippen molar-refractivity contribution in [1.82, 2.24) is 16.0 Å². The van der Waals surface area contributed by atoms with Gasteiger partial charge in [-0.3, -0.25) is 14.4 Å². The van der Waals surface area contributed by atoms with E-state index in [4.69, 9.17) is 5.73 Å². The Morgan fingerprint density at radius 1 is 1.04 bits per heavy atom. The quantitative estimate of drug-likeness (QED) is 0.479. The number of rotatable bonds is 10. The molecule has 0 bridgehead atoms. The summed E-state index contributed by atoms with van der Waals surface area (Å²) in [4.78, 5) is 36.7. The maximum absolute atomic E-state index is 12.8. The van der Waals surface area contributed by atoms with E-state index in [0.717, 1.165) is 31.2 Å². The van der Waals surface area contributed by atoms with Crippen LogP contribution in [0.5, 0.6) is 0 Å². The third kappa shape index (κ3) is 8.08. The zero-order valence-corrected chi connectivity index (χ0v) is 16.4. The maximum atomic E-state index is 12.8. The summed E-state index contributed by atoms with van der Waals surface area (Å²) in [7, 11) is 0. The largest absolute Gasteiger partial charge is 0.352 e. The highest BCUT2D eigenvalue weighted by atomic mass is 16.2. The Labute approximate surface area is 166 Å². The molecule has 1 atom stereocenters. The molecule has 0 saturated heterocycles. The number of nitrogens with one attached hydrogen (secondary N) is 3. The summed E-state index contributed by atoms with van der Waals surface area (Å²) in [5.74, 6) is -0.758. The summed E-state index contributed by atoms with van der Waals surface area (Å²) in [6.45, 7) is 0.283. The van der Waals surface area contributed by atoms with Crippen molar-refractivity contribution in [1.29, 1.82) is 0 Å². The van der Waals surface area contributed by atoms with Crippen LogP contribution >= 0.6 is 0 Å². The first-order chi connectivity index (χ1) is 13.6. The lowest BCUT2D eigenvalue weighted by Crippen LogP contribution is -2.52. The Kier molecular flexibility index (Phi) is 9.48. The van der Waals surface area contributed by atoms with Crippen molar-refractivity contribution in [2.45, 2.75) is 63.5 Å². The van der Waals surface area contributed by atoms with Gasteiger partial charge in [-0.1, -0.05) is 49.6 Å². The van der Waals surface area contributed by atoms with Crippen LogP contribution in [0.2, 0.25) is 0 Å². The van der Waals surface area contributed by atoms with Crippen LogP contribution in [-0.4, -0.2) is 42.9 Å². The lowest BCUT2D eigenvalue weighted by atomic mass is 9.95. The molecule has 0 heterocycles. The Hall–Kier alpha value is -2.41. The smallest absolute Gasteiger partial charge is 0.243 e. The summed E-state index contributed by atoms with van der Waals surface area (Å²) in [6, 6.07) is 9.10. The Morgan fingerprint density at radius 3 is 2.43 bits per heavy atom. The van der Waals surface area contributed by atoms with Gasteiger partial charge in [0.05, 0.1) is 6.54 Å². The Morgan fingerprint density at radius 2 is 1.75 bits per heavy atom. The molecule has 1 aliphatic rings. The van der Waals surface area contributed by atoms with Crippen LogP contribution < -0.4 is 21.7 Å². The first-order valence-electron chi connectivity index (χ1n) is 10.2. The van der Waals surface area contributed by atoms with Crippen LogP contribution in [0.25, 0.3) is 0 Å². The van der Waals surface area contributed by atoms with Crippen LogP contribution in [0.1, 0.15) is 50.5 Å². The fraction of sp³-hybridized carbons (Fsp3) is 0.571. The lowest BCUT2D eigenvalue weighted by Gasteiger charge is -2.26. The van der Waals surface area contributed by atoms with E-state index in [1.54, 1.807) is 0 Å². The molecule has 7 nitrogen and oxygen atoms in total. The van der Waals surface area contributed by atoms with E-state index in [2.05, 4.69) is 16.0 Å². The van der Waals surface area contributed by atoms with Gasteiger partial charge in [-0.2, -0.15) is 0 Å². The zero-order chi connectivity index (χ0) is 20.2. The first kappa shape index (κ1) is 21.9. The van der Waals surface area contributed by atoms with E-state index in [0.29, 0.717) is 25.8 Å². The van der Waals surface area contributed by atoms with Gasteiger partial charge in [0.25, 0.3) is 0 Å². The predicted octanol–water partition coefficient (Wildman–Crippen LogP) is 1.02. The molecule has 1 saturated carbocycles. The number of nitrogens with two attached hydrogens (primary N) is 1. The molecule has 154 valence electrons. The van der Waals surface area contributed by atoms with Gasteiger partial charge in [-0.25, -0.2) is 0 Å². The van der Waals surface area contributed by atoms with E-state index < -0.39 is 6.04 Å². The molecule has 3 amide bonds. The molecule has 7 heteroatoms. The van der Waals surface area contributed by atoms with Crippen molar-refractivity contribution in [3.8, 4) is 0 Å². The average Bonchev–Trinajstić information content (AvgIpc) is 2.71. The highest BCUT2D eigenvalue weighted by Gasteiger charge is 2.24. The molecular weight excluding hydrogens is 356 g/mol. The fourth-order valence-corrected chi connectivity index (χ4v) is 3.38. The van der Waals surface area contributed by atoms with Gasteiger partial charge in [0.2, 0.25) is 17.7 Å². The topological polar surface area (TPSA) is 113 Å². The molecule has 0 spiro atoms. The Balaban J connectivity index is 1.91. The molecule has 2 rings (SSSR count). The molecule has 0 radical (unpaired) electrons. The van der Waals surface area contributed by atoms with Gasteiger partial charge >= 0.3 is 0 Å². The molecule has 0 unspecified atom stereocenters. The average molecular weight is 389 g/mol. The molecule has 0 aliphatic heterocycles. The first-order valence-corrected chi connectivity index (χ1v) is 10.2. The predicted molar refractivity (Wildman–Crippen MR) is 108 cm³/mol. The molecular formula is C21H32N4O3. The van der Waals surface area contributed by atoms with Crippen molar-refractivity contribution in [3.05, 3.63) is 35.9 Å². The summed E-state index contributed by atoms with van der Waals surface area (Å²) >= 11 is 0. The minimum absolute atomic E-state index is 0.147. The van der Waals surface area contributed by atoms with E-state index in [-0.39, 0.29) is 30.3 Å². The second-order valence-corrected chi connectivity index (χ2v) is 7.32. The lowest BCUT2D eigenvalue weighted by molar-refractivity contribution is -0.130. The highest BCUT2D eigenvalue weighted by Crippen LogP contribution is 2.17. The van der Waals surface area contributed by atoms with Crippen LogP contribution in [0.15, 0.2) is 30.3 Å². The monoisotopic (exact) mass is 388 g/mol. The van der Waals surface area contributed by atoms with Crippen LogP contribution in [0.3, 0.4) is 0 Å². The zero-order valence-electron chi connectivity index (χ0n) is 16.4. The highest BCUT2D eigenvalue weighted by molar-refractivity contribution is 5.90. The minimum atomic E-state index is -0.669. The van der Waals surface area contributed by atoms with E-state index in [1.165, 1.54) is 6.42 Å². The fourth-order valence-electron chi connectivity index (χ4n) is 3.38. The summed E-state index contributed by atoms with van der Waals surface area (Å²) in [5, 5.41) is 8.43. The van der Waals surface area contributed by atoms with Crippen molar-refractivity contribution < 1.29 is 14.4 Å². The maximum Gasteiger partial charge on any atom is 0.243 e. The van der Waals surface area contributed by atoms with Crippen molar-refractivity contribution in [3.63, 3.8) is 0 Å². The van der Waals surface area contributed by atoms with E-state index in [1.807, 2.05) is 30.3 Å². The second-order valence-electron chi connectivity index (χ2n) is 7.32. The normalized spacial score (nSPS) is 15.5. The molecule has 5 N–H and O–H groups in total. The minimum Gasteiger partial charge on any atom is -0.352 e. The van der Waals surface area contributed by atoms with Crippen molar-refractivity contribution in [2.24, 2.45) is 5.73 Å². The third-order valence-corrected chi connectivity index (χ3v) is 4.94. The number of carbonyl (C=O) groups is 3. The second kappa shape index (κ2) is 12.1. The SMILES string of the molecule is NCCCC(=O)NCC(=O)N[C@@H](Cc1ccccc1)C(=O)NC1CCCCC1. The van der Waals surface area contributed by atoms with Crippen LogP contribution in [0, 0.1) is 0 Å². The van der Waals surface area contributed by atoms with Crippen LogP contribution in [-0.2, 0) is 20.8 Å². The number of benzene rings is 1. The molecule has 0 aromatic heterocycles. The molecule has 28 heavy (non-hydrogen) atoms. The molecule has 1 aromatic rings. The van der Waals surface area contributed by atoms with Gasteiger partial charge < -0.3 is 21.7 Å². The molecule has 1 aromatic carbocycles.